The van der Waals surface area contributed by atoms with Gasteiger partial charge >= 0.3 is 0 Å². The van der Waals surface area contributed by atoms with Gasteiger partial charge in [-0.25, -0.2) is 8.42 Å². The van der Waals surface area contributed by atoms with Crippen molar-refractivity contribution in [1.82, 2.24) is 10.2 Å². The van der Waals surface area contributed by atoms with Crippen molar-refractivity contribution in [2.75, 3.05) is 17.1 Å². The number of benzene rings is 2. The Labute approximate surface area is 222 Å². The molecule has 1 aliphatic rings. The van der Waals surface area contributed by atoms with Gasteiger partial charge in [0.05, 0.1) is 11.9 Å². The van der Waals surface area contributed by atoms with Crippen molar-refractivity contribution in [3.05, 3.63) is 64.7 Å². The predicted octanol–water partition coefficient (Wildman–Crippen LogP) is 4.63. The summed E-state index contributed by atoms with van der Waals surface area (Å²) in [5, 5.41) is 3.17. The quantitative estimate of drug-likeness (QED) is 0.488. The Morgan fingerprint density at radius 3 is 2.24 bits per heavy atom. The molecule has 1 N–H and O–H groups in total. The summed E-state index contributed by atoms with van der Waals surface area (Å²) in [4.78, 5) is 28.9. The molecule has 2 aromatic carbocycles. The Morgan fingerprint density at radius 2 is 1.65 bits per heavy atom. The van der Waals surface area contributed by atoms with E-state index in [0.29, 0.717) is 12.1 Å². The summed E-state index contributed by atoms with van der Waals surface area (Å²) in [5.74, 6) is -0.579. The lowest BCUT2D eigenvalue weighted by molar-refractivity contribution is -0.140. The molecule has 0 radical (unpaired) electrons. The van der Waals surface area contributed by atoms with Crippen LogP contribution < -0.4 is 9.62 Å². The molecule has 2 aromatic rings. The van der Waals surface area contributed by atoms with E-state index in [1.165, 1.54) is 6.42 Å². The second-order valence-electron chi connectivity index (χ2n) is 10.3. The third-order valence-corrected chi connectivity index (χ3v) is 8.46. The number of rotatable bonds is 10. The average molecular weight is 528 g/mol. The number of nitrogens with one attached hydrogen (secondary N) is 1. The molecule has 37 heavy (non-hydrogen) atoms. The summed E-state index contributed by atoms with van der Waals surface area (Å²) < 4.78 is 26.9. The van der Waals surface area contributed by atoms with Crippen LogP contribution in [-0.4, -0.2) is 50.0 Å². The Morgan fingerprint density at radius 1 is 1.00 bits per heavy atom. The number of anilines is 1. The highest BCUT2D eigenvalue weighted by Gasteiger charge is 2.33. The third-order valence-electron chi connectivity index (χ3n) is 7.33. The fourth-order valence-electron chi connectivity index (χ4n) is 4.95. The van der Waals surface area contributed by atoms with Gasteiger partial charge in [-0.05, 0) is 62.8 Å². The lowest BCUT2D eigenvalue weighted by Crippen LogP contribution is -2.54. The maximum Gasteiger partial charge on any atom is 0.244 e. The van der Waals surface area contributed by atoms with E-state index in [4.69, 9.17) is 0 Å². The molecular formula is C29H41N3O4S. The number of carbonyl (C=O) groups excluding carboxylic acids is 2. The second-order valence-corrected chi connectivity index (χ2v) is 12.2. The zero-order chi connectivity index (χ0) is 27.2. The van der Waals surface area contributed by atoms with Crippen molar-refractivity contribution in [3.63, 3.8) is 0 Å². The van der Waals surface area contributed by atoms with Gasteiger partial charge in [-0.1, -0.05) is 68.1 Å². The van der Waals surface area contributed by atoms with Gasteiger partial charge in [-0.3, -0.25) is 13.9 Å². The van der Waals surface area contributed by atoms with Crippen LogP contribution in [0.2, 0.25) is 0 Å². The molecule has 0 saturated heterocycles. The molecule has 0 bridgehead atoms. The second kappa shape index (κ2) is 12.6. The van der Waals surface area contributed by atoms with Crippen molar-refractivity contribution in [2.24, 2.45) is 0 Å². The molecule has 0 spiro atoms. The fourth-order valence-corrected chi connectivity index (χ4v) is 5.85. The van der Waals surface area contributed by atoms with Crippen LogP contribution in [0.3, 0.4) is 0 Å². The molecule has 1 saturated carbocycles. The smallest absolute Gasteiger partial charge is 0.244 e. The van der Waals surface area contributed by atoms with Gasteiger partial charge in [0.25, 0.3) is 0 Å². The van der Waals surface area contributed by atoms with Crippen LogP contribution in [0.1, 0.15) is 67.7 Å². The van der Waals surface area contributed by atoms with Gasteiger partial charge in [-0.2, -0.15) is 0 Å². The minimum atomic E-state index is -3.75. The van der Waals surface area contributed by atoms with Crippen molar-refractivity contribution >= 4 is 27.5 Å². The molecule has 0 unspecified atom stereocenters. The van der Waals surface area contributed by atoms with Crippen LogP contribution in [0.5, 0.6) is 0 Å². The van der Waals surface area contributed by atoms with E-state index in [2.05, 4.69) is 5.32 Å². The first kappa shape index (κ1) is 28.7. The van der Waals surface area contributed by atoms with E-state index in [1.807, 2.05) is 58.0 Å². The molecule has 3 rings (SSSR count). The lowest BCUT2D eigenvalue weighted by Gasteiger charge is -2.34. The maximum atomic E-state index is 13.9. The van der Waals surface area contributed by atoms with Gasteiger partial charge in [0.15, 0.2) is 0 Å². The van der Waals surface area contributed by atoms with E-state index in [-0.39, 0.29) is 25.0 Å². The van der Waals surface area contributed by atoms with Crippen molar-refractivity contribution in [3.8, 4) is 0 Å². The van der Waals surface area contributed by atoms with E-state index < -0.39 is 22.0 Å². The molecule has 0 aromatic heterocycles. The monoisotopic (exact) mass is 527 g/mol. The molecule has 0 aliphatic heterocycles. The van der Waals surface area contributed by atoms with Crippen LogP contribution in [0.4, 0.5) is 5.69 Å². The zero-order valence-corrected chi connectivity index (χ0v) is 23.6. The van der Waals surface area contributed by atoms with Crippen molar-refractivity contribution < 1.29 is 18.0 Å². The van der Waals surface area contributed by atoms with Crippen LogP contribution in [0.15, 0.2) is 42.5 Å². The van der Waals surface area contributed by atoms with Gasteiger partial charge in [0.1, 0.15) is 12.6 Å². The SMILES string of the molecule is CC[C@@H](C(=O)NC1CCCCC1)N(Cc1ccc(C)cc1)C(=O)CN(c1cccc(C)c1C)S(C)(=O)=O. The summed E-state index contributed by atoms with van der Waals surface area (Å²) in [6, 6.07) is 12.7. The topological polar surface area (TPSA) is 86.8 Å². The average Bonchev–Trinajstić information content (AvgIpc) is 2.85. The first-order valence-corrected chi connectivity index (χ1v) is 15.1. The summed E-state index contributed by atoms with van der Waals surface area (Å²) in [6.45, 7) is 7.49. The summed E-state index contributed by atoms with van der Waals surface area (Å²) in [5.41, 5.74) is 4.20. The normalized spacial score (nSPS) is 15.2. The van der Waals surface area contributed by atoms with Crippen molar-refractivity contribution in [1.29, 1.82) is 0 Å². The standard InChI is InChI=1S/C29H41N3O4S/c1-6-26(29(34)30-25-12-8-7-9-13-25)31(19-24-17-15-21(2)16-18-24)28(33)20-32(37(5,35)36)27-14-10-11-22(3)23(27)4/h10-11,14-18,25-26H,6-9,12-13,19-20H2,1-5H3,(H,30,34)/t26-/m0/s1. The Kier molecular flexibility index (Phi) is 9.76. The Bertz CT molecular complexity index is 1190. The number of carbonyl (C=O) groups is 2. The molecular weight excluding hydrogens is 486 g/mol. The Hall–Kier alpha value is -2.87. The molecule has 0 heterocycles. The third kappa shape index (κ3) is 7.57. The molecule has 1 fully saturated rings. The van der Waals surface area contributed by atoms with Crippen LogP contribution in [-0.2, 0) is 26.2 Å². The first-order valence-electron chi connectivity index (χ1n) is 13.2. The van der Waals surface area contributed by atoms with Gasteiger partial charge in [-0.15, -0.1) is 0 Å². The minimum absolute atomic E-state index is 0.120. The molecule has 2 amide bonds. The maximum absolute atomic E-state index is 13.9. The largest absolute Gasteiger partial charge is 0.352 e. The van der Waals surface area contributed by atoms with Crippen LogP contribution >= 0.6 is 0 Å². The minimum Gasteiger partial charge on any atom is -0.352 e. The number of nitrogens with zero attached hydrogens (tertiary/aromatic N) is 2. The van der Waals surface area contributed by atoms with E-state index in [1.54, 1.807) is 17.0 Å². The zero-order valence-electron chi connectivity index (χ0n) is 22.8. The van der Waals surface area contributed by atoms with Crippen LogP contribution in [0, 0.1) is 20.8 Å². The number of sulfonamides is 1. The molecule has 8 heteroatoms. The highest BCUT2D eigenvalue weighted by molar-refractivity contribution is 7.92. The summed E-state index contributed by atoms with van der Waals surface area (Å²) in [7, 11) is -3.75. The summed E-state index contributed by atoms with van der Waals surface area (Å²) in [6.07, 6.45) is 6.80. The number of hydrogen-bond acceptors (Lipinski definition) is 4. The lowest BCUT2D eigenvalue weighted by atomic mass is 9.95. The van der Waals surface area contributed by atoms with Gasteiger partial charge in [0, 0.05) is 12.6 Å². The highest BCUT2D eigenvalue weighted by Crippen LogP contribution is 2.26. The van der Waals surface area contributed by atoms with Gasteiger partial charge in [0.2, 0.25) is 21.8 Å². The molecule has 7 nitrogen and oxygen atoms in total. The molecule has 202 valence electrons. The Balaban J connectivity index is 1.93. The fraction of sp³-hybridized carbons (Fsp3) is 0.517. The predicted molar refractivity (Wildman–Crippen MR) is 149 cm³/mol. The number of aryl methyl sites for hydroxylation is 2. The van der Waals surface area contributed by atoms with Crippen molar-refractivity contribution in [2.45, 2.75) is 84.8 Å². The number of amides is 2. The molecule has 1 aliphatic carbocycles. The van der Waals surface area contributed by atoms with Crippen LogP contribution in [0.25, 0.3) is 0 Å². The van der Waals surface area contributed by atoms with E-state index >= 15 is 0 Å². The first-order chi connectivity index (χ1) is 17.5. The molecule has 1 atom stereocenters. The number of hydrogen-bond donors (Lipinski definition) is 1. The van der Waals surface area contributed by atoms with Gasteiger partial charge < -0.3 is 10.2 Å². The highest BCUT2D eigenvalue weighted by atomic mass is 32.2. The summed E-state index contributed by atoms with van der Waals surface area (Å²) >= 11 is 0. The van der Waals surface area contributed by atoms with E-state index in [9.17, 15) is 18.0 Å². The van der Waals surface area contributed by atoms with E-state index in [0.717, 1.165) is 58.5 Å².